The summed E-state index contributed by atoms with van der Waals surface area (Å²) < 4.78 is 0. The maximum absolute atomic E-state index is 9.12. The summed E-state index contributed by atoms with van der Waals surface area (Å²) in [6, 6.07) is 4.12. The van der Waals surface area contributed by atoms with Gasteiger partial charge in [0.25, 0.3) is 0 Å². The van der Waals surface area contributed by atoms with Crippen molar-refractivity contribution < 1.29 is 5.11 Å². The van der Waals surface area contributed by atoms with Gasteiger partial charge in [0.1, 0.15) is 0 Å². The normalized spacial score (nSPS) is 13.6. The number of nitrogens with zero attached hydrogens (tertiary/aromatic N) is 1. The number of hydrogen-bond acceptors (Lipinski definition) is 3. The van der Waals surface area contributed by atoms with Gasteiger partial charge in [-0.1, -0.05) is 20.8 Å². The fourth-order valence-electron chi connectivity index (χ4n) is 1.83. The Morgan fingerprint density at radius 3 is 2.53 bits per heavy atom. The van der Waals surface area contributed by atoms with Gasteiger partial charge in [0.05, 0.1) is 0 Å². The smallest absolute Gasteiger partial charge is 0.0471 e. The van der Waals surface area contributed by atoms with Crippen LogP contribution in [0.25, 0.3) is 0 Å². The first-order valence-corrected chi connectivity index (χ1v) is 6.32. The van der Waals surface area contributed by atoms with E-state index in [2.05, 4.69) is 43.2 Å². The van der Waals surface area contributed by atoms with E-state index in [1.165, 1.54) is 5.56 Å². The molecule has 1 atom stereocenters. The van der Waals surface area contributed by atoms with Crippen molar-refractivity contribution in [2.75, 3.05) is 19.7 Å². The van der Waals surface area contributed by atoms with Crippen LogP contribution in [0.3, 0.4) is 0 Å². The van der Waals surface area contributed by atoms with Gasteiger partial charge >= 0.3 is 0 Å². The first-order chi connectivity index (χ1) is 8.10. The fourth-order valence-corrected chi connectivity index (χ4v) is 1.83. The van der Waals surface area contributed by atoms with Gasteiger partial charge in [-0.2, -0.15) is 0 Å². The molecule has 0 spiro atoms. The van der Waals surface area contributed by atoms with E-state index < -0.39 is 0 Å². The van der Waals surface area contributed by atoms with E-state index in [1.54, 1.807) is 0 Å². The minimum atomic E-state index is 0.0939. The predicted octanol–water partition coefficient (Wildman–Crippen LogP) is 1.97. The summed E-state index contributed by atoms with van der Waals surface area (Å²) in [7, 11) is 0. The maximum atomic E-state index is 9.12. The van der Waals surface area contributed by atoms with Crippen LogP contribution in [0.4, 0.5) is 0 Å². The molecule has 1 aromatic heterocycles. The SMILES string of the molecule is CCC(CO)CNCC(C)(C)c1ccncc1. The van der Waals surface area contributed by atoms with Gasteiger partial charge in [-0.3, -0.25) is 4.98 Å². The van der Waals surface area contributed by atoms with Crippen molar-refractivity contribution >= 4 is 0 Å². The van der Waals surface area contributed by atoms with E-state index in [-0.39, 0.29) is 12.0 Å². The Kier molecular flexibility index (Phi) is 5.59. The lowest BCUT2D eigenvalue weighted by Crippen LogP contribution is -2.36. The van der Waals surface area contributed by atoms with Crippen molar-refractivity contribution in [1.82, 2.24) is 10.3 Å². The number of rotatable bonds is 7. The van der Waals surface area contributed by atoms with Crippen molar-refractivity contribution in [2.24, 2.45) is 5.92 Å². The Bertz CT molecular complexity index is 307. The third kappa shape index (κ3) is 4.44. The summed E-state index contributed by atoms with van der Waals surface area (Å²) in [6.07, 6.45) is 4.68. The summed E-state index contributed by atoms with van der Waals surface area (Å²) in [5.41, 5.74) is 1.38. The zero-order chi connectivity index (χ0) is 12.7. The van der Waals surface area contributed by atoms with Crippen LogP contribution in [0.5, 0.6) is 0 Å². The minimum Gasteiger partial charge on any atom is -0.396 e. The van der Waals surface area contributed by atoms with Gasteiger partial charge in [0.15, 0.2) is 0 Å². The highest BCUT2D eigenvalue weighted by atomic mass is 16.3. The Morgan fingerprint density at radius 2 is 2.00 bits per heavy atom. The zero-order valence-electron chi connectivity index (χ0n) is 11.1. The Morgan fingerprint density at radius 1 is 1.35 bits per heavy atom. The van der Waals surface area contributed by atoms with Gasteiger partial charge < -0.3 is 10.4 Å². The van der Waals surface area contributed by atoms with Crippen LogP contribution in [0, 0.1) is 5.92 Å². The van der Waals surface area contributed by atoms with Crippen LogP contribution in [-0.4, -0.2) is 29.8 Å². The second-order valence-corrected chi connectivity index (χ2v) is 5.21. The molecule has 0 saturated carbocycles. The molecule has 0 saturated heterocycles. The average molecular weight is 236 g/mol. The van der Waals surface area contributed by atoms with Crippen LogP contribution in [0.15, 0.2) is 24.5 Å². The van der Waals surface area contributed by atoms with Crippen LogP contribution in [0.1, 0.15) is 32.8 Å². The number of nitrogens with one attached hydrogen (secondary N) is 1. The zero-order valence-corrected chi connectivity index (χ0v) is 11.1. The van der Waals surface area contributed by atoms with Crippen molar-refractivity contribution in [3.05, 3.63) is 30.1 Å². The molecule has 0 aliphatic rings. The maximum Gasteiger partial charge on any atom is 0.0471 e. The largest absolute Gasteiger partial charge is 0.396 e. The van der Waals surface area contributed by atoms with Gasteiger partial charge in [-0.05, 0) is 30.0 Å². The topological polar surface area (TPSA) is 45.1 Å². The molecule has 0 radical (unpaired) electrons. The molecule has 0 aliphatic carbocycles. The van der Waals surface area contributed by atoms with Gasteiger partial charge in [-0.15, -0.1) is 0 Å². The first kappa shape index (κ1) is 14.1. The number of hydrogen-bond donors (Lipinski definition) is 2. The molecular weight excluding hydrogens is 212 g/mol. The molecule has 17 heavy (non-hydrogen) atoms. The van der Waals surface area contributed by atoms with Crippen LogP contribution in [-0.2, 0) is 5.41 Å². The van der Waals surface area contributed by atoms with Crippen LogP contribution in [0.2, 0.25) is 0 Å². The highest BCUT2D eigenvalue weighted by Crippen LogP contribution is 2.21. The molecule has 3 heteroatoms. The Balaban J connectivity index is 2.45. The fraction of sp³-hybridized carbons (Fsp3) is 0.643. The molecule has 0 aromatic carbocycles. The first-order valence-electron chi connectivity index (χ1n) is 6.32. The molecule has 0 bridgehead atoms. The van der Waals surface area contributed by atoms with Gasteiger partial charge in [0, 0.05) is 37.5 Å². The number of pyridine rings is 1. The van der Waals surface area contributed by atoms with E-state index in [0.29, 0.717) is 5.92 Å². The molecule has 0 amide bonds. The summed E-state index contributed by atoms with van der Waals surface area (Å²) in [6.45, 7) is 8.59. The number of aliphatic hydroxyl groups is 1. The van der Waals surface area contributed by atoms with Crippen LogP contribution >= 0.6 is 0 Å². The Hall–Kier alpha value is -0.930. The molecule has 96 valence electrons. The number of aliphatic hydroxyl groups excluding tert-OH is 1. The summed E-state index contributed by atoms with van der Waals surface area (Å²) in [4.78, 5) is 4.04. The standard InChI is InChI=1S/C14H24N2O/c1-4-12(10-17)9-16-11-14(2,3)13-5-7-15-8-6-13/h5-8,12,16-17H,4,9-11H2,1-3H3. The lowest BCUT2D eigenvalue weighted by atomic mass is 9.85. The quantitative estimate of drug-likeness (QED) is 0.761. The van der Waals surface area contributed by atoms with E-state index in [1.807, 2.05) is 12.4 Å². The lowest BCUT2D eigenvalue weighted by Gasteiger charge is -2.26. The highest BCUT2D eigenvalue weighted by Gasteiger charge is 2.20. The second-order valence-electron chi connectivity index (χ2n) is 5.21. The van der Waals surface area contributed by atoms with E-state index in [9.17, 15) is 0 Å². The third-order valence-corrected chi connectivity index (χ3v) is 3.30. The third-order valence-electron chi connectivity index (χ3n) is 3.30. The van der Waals surface area contributed by atoms with E-state index in [0.717, 1.165) is 19.5 Å². The minimum absolute atomic E-state index is 0.0939. The molecular formula is C14H24N2O. The van der Waals surface area contributed by atoms with Crippen molar-refractivity contribution in [1.29, 1.82) is 0 Å². The predicted molar refractivity (Wildman–Crippen MR) is 71.0 cm³/mol. The van der Waals surface area contributed by atoms with E-state index in [4.69, 9.17) is 5.11 Å². The molecule has 1 rings (SSSR count). The average Bonchev–Trinajstić information content (AvgIpc) is 2.36. The summed E-state index contributed by atoms with van der Waals surface area (Å²) in [5, 5.41) is 12.6. The molecule has 1 unspecified atom stereocenters. The second kappa shape index (κ2) is 6.72. The summed E-state index contributed by atoms with van der Waals surface area (Å²) >= 11 is 0. The molecule has 0 aliphatic heterocycles. The number of aromatic nitrogens is 1. The molecule has 3 nitrogen and oxygen atoms in total. The molecule has 2 N–H and O–H groups in total. The lowest BCUT2D eigenvalue weighted by molar-refractivity contribution is 0.216. The van der Waals surface area contributed by atoms with Crippen LogP contribution < -0.4 is 5.32 Å². The van der Waals surface area contributed by atoms with Gasteiger partial charge in [-0.25, -0.2) is 0 Å². The summed E-state index contributed by atoms with van der Waals surface area (Å²) in [5.74, 6) is 0.364. The van der Waals surface area contributed by atoms with Gasteiger partial charge in [0.2, 0.25) is 0 Å². The van der Waals surface area contributed by atoms with Crippen molar-refractivity contribution in [2.45, 2.75) is 32.6 Å². The van der Waals surface area contributed by atoms with Crippen molar-refractivity contribution in [3.8, 4) is 0 Å². The molecule has 1 heterocycles. The van der Waals surface area contributed by atoms with E-state index >= 15 is 0 Å². The Labute approximate surface area is 104 Å². The highest BCUT2D eigenvalue weighted by molar-refractivity contribution is 5.20. The molecule has 0 fully saturated rings. The monoisotopic (exact) mass is 236 g/mol. The molecule has 1 aromatic rings. The van der Waals surface area contributed by atoms with Crippen molar-refractivity contribution in [3.63, 3.8) is 0 Å².